The lowest BCUT2D eigenvalue weighted by molar-refractivity contribution is 0.311. The standard InChI is InChI=1S/C18H16N6O/c19-12-13-4-3-5-14(10-13)22-17-11-16(15-6-1-2-7-20-15)23-18(24-17)21-8-9-25/h1-7,10-11,25H,8-9H2,(H2,21,22,23,24). The zero-order chi connectivity index (χ0) is 17.5. The van der Waals surface area contributed by atoms with Crippen molar-refractivity contribution in [1.82, 2.24) is 15.0 Å². The van der Waals surface area contributed by atoms with Crippen LogP contribution >= 0.6 is 0 Å². The van der Waals surface area contributed by atoms with Crippen molar-refractivity contribution in [3.05, 3.63) is 60.3 Å². The topological polar surface area (TPSA) is 107 Å². The van der Waals surface area contributed by atoms with Gasteiger partial charge in [0.1, 0.15) is 5.82 Å². The quantitative estimate of drug-likeness (QED) is 0.637. The van der Waals surface area contributed by atoms with Crippen LogP contribution in [0.25, 0.3) is 11.4 Å². The third kappa shape index (κ3) is 4.28. The molecule has 0 saturated carbocycles. The molecule has 3 rings (SSSR count). The molecule has 2 aromatic heterocycles. The van der Waals surface area contributed by atoms with E-state index in [1.807, 2.05) is 24.3 Å². The number of benzene rings is 1. The summed E-state index contributed by atoms with van der Waals surface area (Å²) < 4.78 is 0. The van der Waals surface area contributed by atoms with Gasteiger partial charge in [-0.05, 0) is 30.3 Å². The van der Waals surface area contributed by atoms with Gasteiger partial charge in [-0.3, -0.25) is 4.98 Å². The lowest BCUT2D eigenvalue weighted by atomic mass is 10.2. The molecule has 25 heavy (non-hydrogen) atoms. The third-order valence-corrected chi connectivity index (χ3v) is 3.31. The van der Waals surface area contributed by atoms with Gasteiger partial charge in [0.25, 0.3) is 0 Å². The smallest absolute Gasteiger partial charge is 0.225 e. The summed E-state index contributed by atoms with van der Waals surface area (Å²) in [4.78, 5) is 13.1. The normalized spacial score (nSPS) is 10.1. The van der Waals surface area contributed by atoms with E-state index in [4.69, 9.17) is 10.4 Å². The fourth-order valence-corrected chi connectivity index (χ4v) is 2.22. The van der Waals surface area contributed by atoms with Crippen LogP contribution in [-0.2, 0) is 0 Å². The van der Waals surface area contributed by atoms with Gasteiger partial charge in [0, 0.05) is 24.5 Å². The van der Waals surface area contributed by atoms with Crippen molar-refractivity contribution in [2.24, 2.45) is 0 Å². The number of hydrogen-bond donors (Lipinski definition) is 3. The van der Waals surface area contributed by atoms with Crippen LogP contribution < -0.4 is 10.6 Å². The van der Waals surface area contributed by atoms with E-state index in [0.717, 1.165) is 5.69 Å². The number of nitrogens with zero attached hydrogens (tertiary/aromatic N) is 4. The van der Waals surface area contributed by atoms with E-state index in [2.05, 4.69) is 31.7 Å². The molecule has 2 heterocycles. The monoisotopic (exact) mass is 332 g/mol. The second-order valence-electron chi connectivity index (χ2n) is 5.15. The first-order chi connectivity index (χ1) is 12.3. The van der Waals surface area contributed by atoms with E-state index < -0.39 is 0 Å². The fraction of sp³-hybridized carbons (Fsp3) is 0.111. The number of nitriles is 1. The van der Waals surface area contributed by atoms with Crippen LogP contribution in [0.4, 0.5) is 17.5 Å². The maximum Gasteiger partial charge on any atom is 0.225 e. The van der Waals surface area contributed by atoms with Gasteiger partial charge in [-0.15, -0.1) is 0 Å². The first-order valence-corrected chi connectivity index (χ1v) is 7.71. The molecule has 7 nitrogen and oxygen atoms in total. The van der Waals surface area contributed by atoms with Crippen LogP contribution in [0.1, 0.15) is 5.56 Å². The Morgan fingerprint density at radius 2 is 1.96 bits per heavy atom. The van der Waals surface area contributed by atoms with Gasteiger partial charge in [0.05, 0.1) is 29.6 Å². The molecule has 7 heteroatoms. The second kappa shape index (κ2) is 7.86. The predicted octanol–water partition coefficient (Wildman–Crippen LogP) is 2.56. The summed E-state index contributed by atoms with van der Waals surface area (Å²) in [5.74, 6) is 0.947. The number of rotatable bonds is 6. The van der Waals surface area contributed by atoms with Crippen molar-refractivity contribution >= 4 is 17.5 Å². The van der Waals surface area contributed by atoms with Gasteiger partial charge >= 0.3 is 0 Å². The molecule has 0 radical (unpaired) electrons. The van der Waals surface area contributed by atoms with Gasteiger partial charge in [0.2, 0.25) is 5.95 Å². The predicted molar refractivity (Wildman–Crippen MR) is 95.3 cm³/mol. The molecule has 0 amide bonds. The molecule has 0 saturated heterocycles. The maximum atomic E-state index is 9.02. The van der Waals surface area contributed by atoms with Crippen LogP contribution in [0.2, 0.25) is 0 Å². The van der Waals surface area contributed by atoms with Gasteiger partial charge < -0.3 is 15.7 Å². The van der Waals surface area contributed by atoms with E-state index in [0.29, 0.717) is 35.3 Å². The molecular weight excluding hydrogens is 316 g/mol. The molecule has 0 unspecified atom stereocenters. The average Bonchev–Trinajstić information content (AvgIpc) is 2.67. The molecule has 0 aliphatic heterocycles. The van der Waals surface area contributed by atoms with Gasteiger partial charge in [-0.1, -0.05) is 12.1 Å². The minimum atomic E-state index is -0.0237. The zero-order valence-corrected chi connectivity index (χ0v) is 13.3. The number of aliphatic hydroxyl groups is 1. The Labute approximate surface area is 145 Å². The Morgan fingerprint density at radius 1 is 1.04 bits per heavy atom. The number of aliphatic hydroxyl groups excluding tert-OH is 1. The minimum Gasteiger partial charge on any atom is -0.395 e. The van der Waals surface area contributed by atoms with E-state index in [9.17, 15) is 0 Å². The highest BCUT2D eigenvalue weighted by atomic mass is 16.3. The molecular formula is C18H16N6O. The largest absolute Gasteiger partial charge is 0.395 e. The van der Waals surface area contributed by atoms with Crippen molar-refractivity contribution < 1.29 is 5.11 Å². The molecule has 124 valence electrons. The summed E-state index contributed by atoms with van der Waals surface area (Å²) in [6.45, 7) is 0.319. The Morgan fingerprint density at radius 3 is 2.72 bits per heavy atom. The van der Waals surface area contributed by atoms with Gasteiger partial charge in [0.15, 0.2) is 0 Å². The Kier molecular flexibility index (Phi) is 5.14. The molecule has 0 bridgehead atoms. The highest BCUT2D eigenvalue weighted by Crippen LogP contribution is 2.22. The highest BCUT2D eigenvalue weighted by molar-refractivity contribution is 5.65. The molecule has 3 N–H and O–H groups in total. The first kappa shape index (κ1) is 16.4. The van der Waals surface area contributed by atoms with Crippen LogP contribution in [0.3, 0.4) is 0 Å². The molecule has 0 spiro atoms. The number of hydrogen-bond acceptors (Lipinski definition) is 7. The summed E-state index contributed by atoms with van der Waals surface area (Å²) in [5, 5.41) is 24.2. The average molecular weight is 332 g/mol. The van der Waals surface area contributed by atoms with Crippen molar-refractivity contribution in [2.75, 3.05) is 23.8 Å². The van der Waals surface area contributed by atoms with E-state index in [1.54, 1.807) is 30.5 Å². The lowest BCUT2D eigenvalue weighted by Gasteiger charge is -2.11. The number of pyridine rings is 1. The first-order valence-electron chi connectivity index (χ1n) is 7.71. The number of anilines is 3. The zero-order valence-electron chi connectivity index (χ0n) is 13.3. The van der Waals surface area contributed by atoms with E-state index in [1.165, 1.54) is 0 Å². The molecule has 0 atom stereocenters. The van der Waals surface area contributed by atoms with Crippen molar-refractivity contribution in [3.8, 4) is 17.5 Å². The summed E-state index contributed by atoms with van der Waals surface area (Å²) in [6.07, 6.45) is 1.70. The highest BCUT2D eigenvalue weighted by Gasteiger charge is 2.08. The molecule has 0 aliphatic carbocycles. The summed E-state index contributed by atoms with van der Waals surface area (Å²) in [7, 11) is 0. The Balaban J connectivity index is 1.95. The van der Waals surface area contributed by atoms with Crippen LogP contribution in [0, 0.1) is 11.3 Å². The van der Waals surface area contributed by atoms with Crippen LogP contribution in [-0.4, -0.2) is 33.2 Å². The van der Waals surface area contributed by atoms with Crippen LogP contribution in [0.15, 0.2) is 54.7 Å². The third-order valence-electron chi connectivity index (χ3n) is 3.31. The SMILES string of the molecule is N#Cc1cccc(Nc2cc(-c3ccccn3)nc(NCCO)n2)c1. The Bertz CT molecular complexity index is 892. The maximum absolute atomic E-state index is 9.02. The molecule has 3 aromatic rings. The van der Waals surface area contributed by atoms with Crippen molar-refractivity contribution in [2.45, 2.75) is 0 Å². The second-order valence-corrected chi connectivity index (χ2v) is 5.15. The Hall–Kier alpha value is -3.50. The lowest BCUT2D eigenvalue weighted by Crippen LogP contribution is -2.10. The fourth-order valence-electron chi connectivity index (χ4n) is 2.22. The van der Waals surface area contributed by atoms with E-state index >= 15 is 0 Å². The van der Waals surface area contributed by atoms with E-state index in [-0.39, 0.29) is 6.61 Å². The summed E-state index contributed by atoms with van der Waals surface area (Å²) in [6, 6.07) is 16.6. The molecule has 0 aliphatic rings. The van der Waals surface area contributed by atoms with Crippen molar-refractivity contribution in [1.29, 1.82) is 5.26 Å². The summed E-state index contributed by atoms with van der Waals surface area (Å²) in [5.41, 5.74) is 2.67. The molecule has 1 aromatic carbocycles. The minimum absolute atomic E-state index is 0.0237. The van der Waals surface area contributed by atoms with Crippen LogP contribution in [0.5, 0.6) is 0 Å². The number of nitrogens with one attached hydrogen (secondary N) is 2. The number of aromatic nitrogens is 3. The van der Waals surface area contributed by atoms with Crippen molar-refractivity contribution in [3.63, 3.8) is 0 Å². The summed E-state index contributed by atoms with van der Waals surface area (Å²) >= 11 is 0. The van der Waals surface area contributed by atoms with Gasteiger partial charge in [-0.25, -0.2) is 4.98 Å². The molecule has 0 fully saturated rings. The van der Waals surface area contributed by atoms with Gasteiger partial charge in [-0.2, -0.15) is 10.2 Å².